The van der Waals surface area contributed by atoms with Gasteiger partial charge >= 0.3 is 11.9 Å². The molecule has 0 atom stereocenters. The molecular weight excluding hydrogens is 520 g/mol. The Morgan fingerprint density at radius 1 is 0.561 bits per heavy atom. The quantitative estimate of drug-likeness (QED) is 0.0833. The maximum Gasteiger partial charge on any atom is 0.343 e. The summed E-state index contributed by atoms with van der Waals surface area (Å²) in [5, 5.41) is 0. The summed E-state index contributed by atoms with van der Waals surface area (Å²) in [4.78, 5) is 23.3. The summed E-state index contributed by atoms with van der Waals surface area (Å²) < 4.78 is 27.8. The molecule has 41 heavy (non-hydrogen) atoms. The first-order valence-electron chi connectivity index (χ1n) is 14.6. The van der Waals surface area contributed by atoms with E-state index < -0.39 is 5.97 Å². The zero-order valence-corrected chi connectivity index (χ0v) is 24.3. The van der Waals surface area contributed by atoms with E-state index in [0.717, 1.165) is 50.0 Å². The van der Waals surface area contributed by atoms with Gasteiger partial charge in [-0.25, -0.2) is 4.79 Å². The van der Waals surface area contributed by atoms with Gasteiger partial charge in [0, 0.05) is 6.92 Å². The largest absolute Gasteiger partial charge is 0.494 e. The number of rotatable bonds is 19. The van der Waals surface area contributed by atoms with Gasteiger partial charge in [0.25, 0.3) is 0 Å². The minimum Gasteiger partial charge on any atom is -0.494 e. The molecule has 0 aliphatic rings. The van der Waals surface area contributed by atoms with Gasteiger partial charge in [0.15, 0.2) is 0 Å². The average molecular weight is 563 g/mol. The van der Waals surface area contributed by atoms with Crippen molar-refractivity contribution in [1.82, 2.24) is 0 Å². The molecule has 0 radical (unpaired) electrons. The number of unbranched alkanes of at least 4 members (excludes halogenated alkanes) is 6. The molecule has 0 spiro atoms. The molecule has 0 aromatic heterocycles. The molecule has 3 aromatic carbocycles. The lowest BCUT2D eigenvalue weighted by Crippen LogP contribution is -2.08. The average Bonchev–Trinajstić information content (AvgIpc) is 2.99. The molecule has 0 heterocycles. The molecule has 7 nitrogen and oxygen atoms in total. The van der Waals surface area contributed by atoms with Gasteiger partial charge in [-0.15, -0.1) is 0 Å². The standard InChI is InChI=1S/C34H42O7/c1-3-4-5-8-24-38-30-15-11-28(12-16-30)26-40-32-19-21-33(22-20-32)41-34(36)29-13-17-31(18-14-29)39-25-10-7-6-9-23-37-27(2)35/h11-22H,3-10,23-26H2,1-2H3. The third-order valence-corrected chi connectivity index (χ3v) is 6.33. The molecule has 0 N–H and O–H groups in total. The van der Waals surface area contributed by atoms with E-state index in [4.69, 9.17) is 23.7 Å². The van der Waals surface area contributed by atoms with Crippen LogP contribution in [0.3, 0.4) is 0 Å². The first kappa shape index (κ1) is 31.5. The number of carbonyl (C=O) groups excluding carboxylic acids is 2. The molecule has 0 saturated carbocycles. The van der Waals surface area contributed by atoms with E-state index in [2.05, 4.69) is 6.92 Å². The second-order valence-electron chi connectivity index (χ2n) is 9.83. The van der Waals surface area contributed by atoms with Crippen molar-refractivity contribution in [3.8, 4) is 23.0 Å². The fourth-order valence-corrected chi connectivity index (χ4v) is 3.99. The zero-order chi connectivity index (χ0) is 29.1. The van der Waals surface area contributed by atoms with Crippen LogP contribution in [0.4, 0.5) is 0 Å². The molecule has 7 heteroatoms. The Labute approximate surface area is 243 Å². The highest BCUT2D eigenvalue weighted by Crippen LogP contribution is 2.21. The Morgan fingerprint density at radius 3 is 1.63 bits per heavy atom. The lowest BCUT2D eigenvalue weighted by Gasteiger charge is -2.10. The van der Waals surface area contributed by atoms with E-state index in [-0.39, 0.29) is 5.97 Å². The van der Waals surface area contributed by atoms with Gasteiger partial charge in [0.2, 0.25) is 0 Å². The predicted octanol–water partition coefficient (Wildman–Crippen LogP) is 7.95. The van der Waals surface area contributed by atoms with Gasteiger partial charge < -0.3 is 23.7 Å². The second-order valence-corrected chi connectivity index (χ2v) is 9.83. The van der Waals surface area contributed by atoms with Crippen LogP contribution in [0.25, 0.3) is 0 Å². The number of hydrogen-bond acceptors (Lipinski definition) is 7. The van der Waals surface area contributed by atoms with Gasteiger partial charge in [-0.1, -0.05) is 38.3 Å². The molecule has 0 aliphatic heterocycles. The highest BCUT2D eigenvalue weighted by atomic mass is 16.5. The van der Waals surface area contributed by atoms with Crippen LogP contribution in [0.2, 0.25) is 0 Å². The number of benzene rings is 3. The van der Waals surface area contributed by atoms with Gasteiger partial charge in [0.1, 0.15) is 29.6 Å². The van der Waals surface area contributed by atoms with Crippen molar-refractivity contribution < 1.29 is 33.3 Å². The van der Waals surface area contributed by atoms with Crippen molar-refractivity contribution in [2.24, 2.45) is 0 Å². The summed E-state index contributed by atoms with van der Waals surface area (Å²) in [6, 6.07) is 21.9. The Balaban J connectivity index is 1.33. The summed E-state index contributed by atoms with van der Waals surface area (Å²) in [6.07, 6.45) is 8.49. The lowest BCUT2D eigenvalue weighted by molar-refractivity contribution is -0.141. The first-order valence-corrected chi connectivity index (χ1v) is 14.6. The van der Waals surface area contributed by atoms with E-state index >= 15 is 0 Å². The summed E-state index contributed by atoms with van der Waals surface area (Å²) in [5.41, 5.74) is 1.49. The fraction of sp³-hybridized carbons (Fsp3) is 0.412. The lowest BCUT2D eigenvalue weighted by atomic mass is 10.2. The van der Waals surface area contributed by atoms with Gasteiger partial charge in [-0.2, -0.15) is 0 Å². The number of ether oxygens (including phenoxy) is 5. The second kappa shape index (κ2) is 18.4. The van der Waals surface area contributed by atoms with Gasteiger partial charge in [-0.05, 0) is 98.3 Å². The molecule has 3 rings (SSSR count). The minimum atomic E-state index is -0.439. The summed E-state index contributed by atoms with van der Waals surface area (Å²) in [6.45, 7) is 5.85. The maximum absolute atomic E-state index is 12.6. The number of hydrogen-bond donors (Lipinski definition) is 0. The van der Waals surface area contributed by atoms with Crippen LogP contribution in [-0.2, 0) is 16.1 Å². The zero-order valence-electron chi connectivity index (χ0n) is 24.3. The van der Waals surface area contributed by atoms with Crippen molar-refractivity contribution in [3.05, 3.63) is 83.9 Å². The third kappa shape index (κ3) is 12.8. The SMILES string of the molecule is CCCCCCOc1ccc(COc2ccc(OC(=O)c3ccc(OCCCCCCOC(C)=O)cc3)cc2)cc1. The van der Waals surface area contributed by atoms with E-state index in [1.54, 1.807) is 48.5 Å². The first-order chi connectivity index (χ1) is 20.0. The molecule has 0 unspecified atom stereocenters. The van der Waals surface area contributed by atoms with Crippen molar-refractivity contribution in [2.75, 3.05) is 19.8 Å². The molecule has 0 bridgehead atoms. The van der Waals surface area contributed by atoms with Crippen LogP contribution < -0.4 is 18.9 Å². The number of esters is 2. The van der Waals surface area contributed by atoms with Crippen LogP contribution in [0.15, 0.2) is 72.8 Å². The third-order valence-electron chi connectivity index (χ3n) is 6.33. The Hall–Kier alpha value is -4.00. The molecule has 0 amide bonds. The maximum atomic E-state index is 12.6. The molecule has 0 saturated heterocycles. The van der Waals surface area contributed by atoms with Crippen LogP contribution >= 0.6 is 0 Å². The van der Waals surface area contributed by atoms with Crippen LogP contribution in [-0.4, -0.2) is 31.8 Å². The highest BCUT2D eigenvalue weighted by Gasteiger charge is 2.09. The van der Waals surface area contributed by atoms with Crippen LogP contribution in [0.1, 0.15) is 81.1 Å². The summed E-state index contributed by atoms with van der Waals surface area (Å²) in [7, 11) is 0. The Kier molecular flexibility index (Phi) is 14.1. The monoisotopic (exact) mass is 562 g/mol. The topological polar surface area (TPSA) is 80.3 Å². The smallest absolute Gasteiger partial charge is 0.343 e. The molecular formula is C34H42O7. The number of carbonyl (C=O) groups is 2. The molecule has 220 valence electrons. The van der Waals surface area contributed by atoms with E-state index in [1.165, 1.54) is 26.2 Å². The fourth-order valence-electron chi connectivity index (χ4n) is 3.99. The van der Waals surface area contributed by atoms with Crippen LogP contribution in [0.5, 0.6) is 23.0 Å². The van der Waals surface area contributed by atoms with Crippen molar-refractivity contribution >= 4 is 11.9 Å². The summed E-state index contributed by atoms with van der Waals surface area (Å²) >= 11 is 0. The summed E-state index contributed by atoms with van der Waals surface area (Å²) in [5.74, 6) is 2.03. The van der Waals surface area contributed by atoms with Gasteiger partial charge in [0.05, 0.1) is 25.4 Å². The van der Waals surface area contributed by atoms with E-state index in [1.807, 2.05) is 24.3 Å². The Morgan fingerprint density at radius 2 is 1.05 bits per heavy atom. The van der Waals surface area contributed by atoms with Crippen LogP contribution in [0, 0.1) is 0 Å². The highest BCUT2D eigenvalue weighted by molar-refractivity contribution is 5.91. The van der Waals surface area contributed by atoms with E-state index in [9.17, 15) is 9.59 Å². The van der Waals surface area contributed by atoms with E-state index in [0.29, 0.717) is 42.6 Å². The minimum absolute atomic E-state index is 0.240. The van der Waals surface area contributed by atoms with Crippen molar-refractivity contribution in [3.63, 3.8) is 0 Å². The molecule has 3 aromatic rings. The van der Waals surface area contributed by atoms with Crippen molar-refractivity contribution in [1.29, 1.82) is 0 Å². The predicted molar refractivity (Wildman–Crippen MR) is 159 cm³/mol. The molecule has 0 aliphatic carbocycles. The Bertz CT molecular complexity index is 1160. The molecule has 0 fully saturated rings. The van der Waals surface area contributed by atoms with Crippen molar-refractivity contribution in [2.45, 2.75) is 71.8 Å². The normalized spacial score (nSPS) is 10.6. The van der Waals surface area contributed by atoms with Gasteiger partial charge in [-0.3, -0.25) is 4.79 Å².